The molecule has 0 heterocycles. The van der Waals surface area contributed by atoms with Crippen LogP contribution in [0.5, 0.6) is 0 Å². The minimum Gasteiger partial charge on any atom is -0.325 e. The van der Waals surface area contributed by atoms with Crippen molar-refractivity contribution in [2.75, 3.05) is 0 Å². The first-order chi connectivity index (χ1) is 8.40. The van der Waals surface area contributed by atoms with Crippen molar-refractivity contribution in [1.29, 1.82) is 0 Å². The van der Waals surface area contributed by atoms with Gasteiger partial charge < -0.3 is 5.73 Å². The van der Waals surface area contributed by atoms with Crippen molar-refractivity contribution in [3.63, 3.8) is 0 Å². The highest BCUT2D eigenvalue weighted by atomic mass is 35.5. The molecule has 2 rings (SSSR count). The molecule has 18 heavy (non-hydrogen) atoms. The molecule has 1 aromatic rings. The minimum absolute atomic E-state index is 0.0780. The number of nitrogens with two attached hydrogens (primary N) is 1. The van der Waals surface area contributed by atoms with Crippen molar-refractivity contribution in [3.05, 3.63) is 34.3 Å². The molecular weight excluding hydrogens is 242 g/mol. The Kier molecular flexibility index (Phi) is 4.03. The van der Waals surface area contributed by atoms with E-state index in [4.69, 9.17) is 17.3 Å². The first-order valence-corrected chi connectivity index (χ1v) is 7.32. The van der Waals surface area contributed by atoms with Crippen molar-refractivity contribution in [2.24, 2.45) is 17.6 Å². The molecule has 0 amide bonds. The van der Waals surface area contributed by atoms with Crippen molar-refractivity contribution < 1.29 is 0 Å². The Balaban J connectivity index is 2.17. The number of aryl methyl sites for hydroxylation is 1. The third-order valence-corrected chi connectivity index (χ3v) is 4.92. The lowest BCUT2D eigenvalue weighted by atomic mass is 9.68. The summed E-state index contributed by atoms with van der Waals surface area (Å²) in [5, 5.41) is 0.866. The van der Waals surface area contributed by atoms with E-state index < -0.39 is 0 Å². The van der Waals surface area contributed by atoms with Crippen molar-refractivity contribution in [1.82, 2.24) is 0 Å². The molecule has 0 bridgehead atoms. The van der Waals surface area contributed by atoms with Crippen LogP contribution < -0.4 is 5.73 Å². The maximum Gasteiger partial charge on any atom is 0.0441 e. The Bertz CT molecular complexity index is 429. The fourth-order valence-electron chi connectivity index (χ4n) is 3.13. The van der Waals surface area contributed by atoms with Gasteiger partial charge in [-0.15, -0.1) is 0 Å². The highest BCUT2D eigenvalue weighted by Gasteiger charge is 2.37. The highest BCUT2D eigenvalue weighted by Crippen LogP contribution is 2.38. The molecule has 1 saturated carbocycles. The van der Waals surface area contributed by atoms with E-state index in [1.807, 2.05) is 6.07 Å². The molecule has 0 aromatic heterocycles. The zero-order valence-electron chi connectivity index (χ0n) is 11.7. The second-order valence-corrected chi connectivity index (χ2v) is 6.69. The largest absolute Gasteiger partial charge is 0.325 e. The third kappa shape index (κ3) is 2.89. The van der Waals surface area contributed by atoms with Crippen LogP contribution >= 0.6 is 11.6 Å². The van der Waals surface area contributed by atoms with Gasteiger partial charge in [0.15, 0.2) is 0 Å². The van der Waals surface area contributed by atoms with Gasteiger partial charge in [-0.2, -0.15) is 0 Å². The zero-order valence-corrected chi connectivity index (χ0v) is 12.4. The first-order valence-electron chi connectivity index (χ1n) is 6.94. The Labute approximate surface area is 116 Å². The average Bonchev–Trinajstić information content (AvgIpc) is 2.29. The van der Waals surface area contributed by atoms with Crippen LogP contribution in [0.15, 0.2) is 18.2 Å². The van der Waals surface area contributed by atoms with E-state index in [1.165, 1.54) is 24.0 Å². The Morgan fingerprint density at radius 1 is 1.39 bits per heavy atom. The monoisotopic (exact) mass is 265 g/mol. The fourth-order valence-corrected chi connectivity index (χ4v) is 3.43. The van der Waals surface area contributed by atoms with Gasteiger partial charge in [-0.1, -0.05) is 37.6 Å². The van der Waals surface area contributed by atoms with Crippen LogP contribution in [0.1, 0.15) is 44.2 Å². The topological polar surface area (TPSA) is 26.0 Å². The predicted molar refractivity (Wildman–Crippen MR) is 79.0 cm³/mol. The van der Waals surface area contributed by atoms with Gasteiger partial charge in [-0.05, 0) is 61.6 Å². The molecular formula is C16H24ClN. The number of hydrogen-bond acceptors (Lipinski definition) is 1. The smallest absolute Gasteiger partial charge is 0.0441 e. The van der Waals surface area contributed by atoms with E-state index in [0.717, 1.165) is 23.8 Å². The summed E-state index contributed by atoms with van der Waals surface area (Å²) in [6, 6.07) is 6.30. The second-order valence-electron chi connectivity index (χ2n) is 6.29. The maximum atomic E-state index is 6.65. The van der Waals surface area contributed by atoms with E-state index in [-0.39, 0.29) is 5.54 Å². The molecule has 1 nitrogen and oxygen atoms in total. The number of hydrogen-bond donors (Lipinski definition) is 1. The van der Waals surface area contributed by atoms with Crippen LogP contribution in [0.3, 0.4) is 0 Å². The van der Waals surface area contributed by atoms with E-state index in [2.05, 4.69) is 32.9 Å². The zero-order chi connectivity index (χ0) is 13.3. The molecule has 0 aliphatic heterocycles. The van der Waals surface area contributed by atoms with E-state index >= 15 is 0 Å². The molecule has 1 aromatic carbocycles. The molecule has 3 atom stereocenters. The molecule has 2 N–H and O–H groups in total. The van der Waals surface area contributed by atoms with E-state index in [0.29, 0.717) is 5.92 Å². The van der Waals surface area contributed by atoms with Gasteiger partial charge in [0.1, 0.15) is 0 Å². The molecule has 1 aliphatic rings. The van der Waals surface area contributed by atoms with Crippen molar-refractivity contribution >= 4 is 11.6 Å². The summed E-state index contributed by atoms with van der Waals surface area (Å²) in [5.41, 5.74) is 8.98. The lowest BCUT2D eigenvalue weighted by Crippen LogP contribution is -2.51. The van der Waals surface area contributed by atoms with E-state index in [9.17, 15) is 0 Å². The number of benzene rings is 1. The SMILES string of the molecule is Cc1ccc(CC2(N)CCC(C)CC2C)c(Cl)c1. The van der Waals surface area contributed by atoms with Gasteiger partial charge in [0.2, 0.25) is 0 Å². The summed E-state index contributed by atoms with van der Waals surface area (Å²) in [6.45, 7) is 6.69. The standard InChI is InChI=1S/C16H24ClN/c1-11-4-5-14(15(17)9-11)10-16(18)7-6-12(2)8-13(16)3/h4-5,9,12-13H,6-8,10,18H2,1-3H3. The van der Waals surface area contributed by atoms with Gasteiger partial charge in [-0.25, -0.2) is 0 Å². The Morgan fingerprint density at radius 2 is 2.11 bits per heavy atom. The molecule has 0 spiro atoms. The number of rotatable bonds is 2. The average molecular weight is 266 g/mol. The summed E-state index contributed by atoms with van der Waals surface area (Å²) in [5.74, 6) is 1.38. The third-order valence-electron chi connectivity index (χ3n) is 4.57. The maximum absolute atomic E-state index is 6.65. The lowest BCUT2D eigenvalue weighted by molar-refractivity contribution is 0.163. The Hall–Kier alpha value is -0.530. The van der Waals surface area contributed by atoms with Crippen LogP contribution in [0.4, 0.5) is 0 Å². The van der Waals surface area contributed by atoms with Crippen LogP contribution in [-0.2, 0) is 6.42 Å². The molecule has 0 saturated heterocycles. The summed E-state index contributed by atoms with van der Waals surface area (Å²) < 4.78 is 0. The molecule has 100 valence electrons. The first kappa shape index (κ1) is 13.9. The normalized spacial score (nSPS) is 32.5. The van der Waals surface area contributed by atoms with Crippen molar-refractivity contribution in [3.8, 4) is 0 Å². The molecule has 1 aliphatic carbocycles. The summed E-state index contributed by atoms with van der Waals surface area (Å²) in [4.78, 5) is 0. The lowest BCUT2D eigenvalue weighted by Gasteiger charge is -2.42. The minimum atomic E-state index is -0.0780. The van der Waals surface area contributed by atoms with Gasteiger partial charge in [0.05, 0.1) is 0 Å². The van der Waals surface area contributed by atoms with Crippen LogP contribution in [0.25, 0.3) is 0 Å². The fraction of sp³-hybridized carbons (Fsp3) is 0.625. The second kappa shape index (κ2) is 5.22. The molecule has 0 radical (unpaired) electrons. The predicted octanol–water partition coefficient (Wildman–Crippen LogP) is 4.34. The van der Waals surface area contributed by atoms with Gasteiger partial charge in [0.25, 0.3) is 0 Å². The van der Waals surface area contributed by atoms with Gasteiger partial charge >= 0.3 is 0 Å². The van der Waals surface area contributed by atoms with Crippen LogP contribution in [-0.4, -0.2) is 5.54 Å². The van der Waals surface area contributed by atoms with E-state index in [1.54, 1.807) is 0 Å². The van der Waals surface area contributed by atoms with Crippen LogP contribution in [0, 0.1) is 18.8 Å². The van der Waals surface area contributed by atoms with Crippen molar-refractivity contribution in [2.45, 2.75) is 52.0 Å². The van der Waals surface area contributed by atoms with Crippen LogP contribution in [0.2, 0.25) is 5.02 Å². The molecule has 1 fully saturated rings. The summed E-state index contributed by atoms with van der Waals surface area (Å²) in [6.07, 6.45) is 4.49. The van der Waals surface area contributed by atoms with Gasteiger partial charge in [-0.3, -0.25) is 0 Å². The molecule has 3 unspecified atom stereocenters. The Morgan fingerprint density at radius 3 is 2.72 bits per heavy atom. The van der Waals surface area contributed by atoms with Gasteiger partial charge in [0, 0.05) is 10.6 Å². The molecule has 2 heteroatoms. The summed E-state index contributed by atoms with van der Waals surface area (Å²) in [7, 11) is 0. The summed E-state index contributed by atoms with van der Waals surface area (Å²) >= 11 is 6.33. The highest BCUT2D eigenvalue weighted by molar-refractivity contribution is 6.31. The quantitative estimate of drug-likeness (QED) is 0.846. The number of halogens is 1.